The number of carboxylic acids is 2. The van der Waals surface area contributed by atoms with Gasteiger partial charge in [-0.3, -0.25) is 4.79 Å². The fourth-order valence-electron chi connectivity index (χ4n) is 3.03. The summed E-state index contributed by atoms with van der Waals surface area (Å²) in [7, 11) is 0. The second-order valence-corrected chi connectivity index (χ2v) is 7.27. The Morgan fingerprint density at radius 2 is 1.19 bits per heavy atom. The summed E-state index contributed by atoms with van der Waals surface area (Å²) in [6.07, 6.45) is 17.0. The number of hydrogen-bond acceptors (Lipinski definition) is 3. The predicted molar refractivity (Wildman–Crippen MR) is 104 cm³/mol. The average Bonchev–Trinajstić information content (AvgIpc) is 2.56. The molecule has 0 bridgehead atoms. The van der Waals surface area contributed by atoms with Crippen LogP contribution in [0.15, 0.2) is 11.6 Å². The quantitative estimate of drug-likeness (QED) is 0.224. The highest BCUT2D eigenvalue weighted by atomic mass is 16.4. The van der Waals surface area contributed by atoms with E-state index in [2.05, 4.69) is 0 Å². The minimum atomic E-state index is -1.13. The summed E-state index contributed by atoms with van der Waals surface area (Å²) in [4.78, 5) is 21.5. The van der Waals surface area contributed by atoms with Gasteiger partial charge in [0.2, 0.25) is 0 Å². The van der Waals surface area contributed by atoms with E-state index in [1.165, 1.54) is 51.4 Å². The zero-order chi connectivity index (χ0) is 19.6. The normalized spacial score (nSPS) is 12.9. The molecule has 3 N–H and O–H groups in total. The highest BCUT2D eigenvalue weighted by molar-refractivity contribution is 5.91. The number of hydrogen-bond donors (Lipinski definition) is 3. The van der Waals surface area contributed by atoms with Crippen LogP contribution < -0.4 is 0 Å². The Kier molecular flexibility index (Phi) is 16.2. The fourth-order valence-corrected chi connectivity index (χ4v) is 3.03. The monoisotopic (exact) mass is 370 g/mol. The minimum absolute atomic E-state index is 0.0108. The molecule has 0 saturated heterocycles. The molecule has 26 heavy (non-hydrogen) atoms. The van der Waals surface area contributed by atoms with Gasteiger partial charge in [0.05, 0.1) is 12.5 Å². The molecule has 1 unspecified atom stereocenters. The van der Waals surface area contributed by atoms with Crippen LogP contribution in [0, 0.1) is 0 Å². The van der Waals surface area contributed by atoms with E-state index in [-0.39, 0.29) is 11.7 Å². The van der Waals surface area contributed by atoms with Crippen LogP contribution in [0.25, 0.3) is 0 Å². The van der Waals surface area contributed by atoms with Crippen molar-refractivity contribution in [1.29, 1.82) is 0 Å². The summed E-state index contributed by atoms with van der Waals surface area (Å²) in [5, 5.41) is 26.7. The summed E-state index contributed by atoms with van der Waals surface area (Å²) in [6.45, 7) is 1.85. The van der Waals surface area contributed by atoms with Gasteiger partial charge in [0.25, 0.3) is 0 Å². The number of aliphatic hydroxyl groups excluding tert-OH is 1. The van der Waals surface area contributed by atoms with E-state index in [1.54, 1.807) is 6.08 Å². The van der Waals surface area contributed by atoms with E-state index in [4.69, 9.17) is 10.2 Å². The maximum absolute atomic E-state index is 10.9. The van der Waals surface area contributed by atoms with Gasteiger partial charge in [-0.05, 0) is 26.2 Å². The van der Waals surface area contributed by atoms with E-state index in [0.29, 0.717) is 6.42 Å². The standard InChI is InChI=1S/C21H38O5/c1-18(22)15-13-11-9-7-5-3-2-4-6-8-10-12-14-16-19(21(25)26)17-20(23)24/h16,18,22H,2-15,17H2,1H3,(H,23,24)(H,25,26). The van der Waals surface area contributed by atoms with Crippen molar-refractivity contribution in [3.8, 4) is 0 Å². The number of carbonyl (C=O) groups is 2. The van der Waals surface area contributed by atoms with Gasteiger partial charge in [0.1, 0.15) is 0 Å². The molecule has 0 aliphatic carbocycles. The van der Waals surface area contributed by atoms with Crippen molar-refractivity contribution in [3.63, 3.8) is 0 Å². The first-order chi connectivity index (χ1) is 12.4. The molecule has 0 aliphatic rings. The van der Waals surface area contributed by atoms with E-state index < -0.39 is 18.4 Å². The predicted octanol–water partition coefficient (Wildman–Crippen LogP) is 5.31. The van der Waals surface area contributed by atoms with E-state index in [1.807, 2.05) is 6.92 Å². The molecule has 0 rings (SSSR count). The molecule has 0 aromatic heterocycles. The molecular formula is C21H38O5. The van der Waals surface area contributed by atoms with Crippen molar-refractivity contribution < 1.29 is 24.9 Å². The van der Waals surface area contributed by atoms with Crippen LogP contribution in [-0.4, -0.2) is 33.4 Å². The van der Waals surface area contributed by atoms with Gasteiger partial charge in [-0.2, -0.15) is 0 Å². The van der Waals surface area contributed by atoms with Crippen LogP contribution in [0.5, 0.6) is 0 Å². The zero-order valence-electron chi connectivity index (χ0n) is 16.4. The first-order valence-corrected chi connectivity index (χ1v) is 10.3. The summed E-state index contributed by atoms with van der Waals surface area (Å²) < 4.78 is 0. The van der Waals surface area contributed by atoms with Crippen LogP contribution in [0.2, 0.25) is 0 Å². The first-order valence-electron chi connectivity index (χ1n) is 10.3. The Morgan fingerprint density at radius 3 is 1.58 bits per heavy atom. The number of aliphatic hydroxyl groups is 1. The second-order valence-electron chi connectivity index (χ2n) is 7.27. The number of carboxylic acid groups (broad SMARTS) is 2. The Hall–Kier alpha value is -1.36. The largest absolute Gasteiger partial charge is 0.481 e. The molecule has 1 atom stereocenters. The smallest absolute Gasteiger partial charge is 0.331 e. The lowest BCUT2D eigenvalue weighted by molar-refractivity contribution is -0.139. The maximum atomic E-state index is 10.9. The van der Waals surface area contributed by atoms with Crippen molar-refractivity contribution in [1.82, 2.24) is 0 Å². The number of rotatable bonds is 18. The molecule has 0 aromatic rings. The van der Waals surface area contributed by atoms with Crippen LogP contribution in [0.1, 0.15) is 103 Å². The fraction of sp³-hybridized carbons (Fsp3) is 0.810. The molecule has 0 amide bonds. The molecule has 0 fully saturated rings. The van der Waals surface area contributed by atoms with E-state index in [9.17, 15) is 14.7 Å². The maximum Gasteiger partial charge on any atom is 0.331 e. The molecule has 0 saturated carbocycles. The van der Waals surface area contributed by atoms with E-state index >= 15 is 0 Å². The van der Waals surface area contributed by atoms with Gasteiger partial charge in [-0.15, -0.1) is 0 Å². The van der Waals surface area contributed by atoms with Crippen LogP contribution in [0.3, 0.4) is 0 Å². The molecule has 0 aromatic carbocycles. The SMILES string of the molecule is CC(O)CCCCCCCCCCCCCCC=C(CC(=O)O)C(=O)O. The molecule has 152 valence electrons. The summed E-state index contributed by atoms with van der Waals surface area (Å²) >= 11 is 0. The lowest BCUT2D eigenvalue weighted by atomic mass is 10.0. The van der Waals surface area contributed by atoms with Crippen molar-refractivity contribution in [2.75, 3.05) is 0 Å². The summed E-state index contributed by atoms with van der Waals surface area (Å²) in [5.74, 6) is -2.23. The molecular weight excluding hydrogens is 332 g/mol. The van der Waals surface area contributed by atoms with Crippen molar-refractivity contribution in [2.24, 2.45) is 0 Å². The van der Waals surface area contributed by atoms with Crippen LogP contribution >= 0.6 is 0 Å². The third kappa shape index (κ3) is 17.5. The van der Waals surface area contributed by atoms with Gasteiger partial charge in [-0.25, -0.2) is 4.79 Å². The molecule has 0 radical (unpaired) electrons. The zero-order valence-corrected chi connectivity index (χ0v) is 16.4. The Labute approximate surface area is 158 Å². The van der Waals surface area contributed by atoms with Gasteiger partial charge in [0, 0.05) is 5.57 Å². The first kappa shape index (κ1) is 24.6. The molecule has 5 nitrogen and oxygen atoms in total. The van der Waals surface area contributed by atoms with Crippen molar-refractivity contribution >= 4 is 11.9 Å². The lowest BCUT2D eigenvalue weighted by Gasteiger charge is -2.04. The highest BCUT2D eigenvalue weighted by Crippen LogP contribution is 2.14. The Morgan fingerprint density at radius 1 is 0.769 bits per heavy atom. The topological polar surface area (TPSA) is 94.8 Å². The van der Waals surface area contributed by atoms with E-state index in [0.717, 1.165) is 32.1 Å². The van der Waals surface area contributed by atoms with Crippen molar-refractivity contribution in [3.05, 3.63) is 11.6 Å². The molecule has 5 heteroatoms. The second kappa shape index (κ2) is 17.1. The number of allylic oxidation sites excluding steroid dienone is 1. The van der Waals surface area contributed by atoms with Crippen LogP contribution in [0.4, 0.5) is 0 Å². The highest BCUT2D eigenvalue weighted by Gasteiger charge is 2.10. The number of unbranched alkanes of at least 4 members (excludes halogenated alkanes) is 12. The van der Waals surface area contributed by atoms with Gasteiger partial charge in [-0.1, -0.05) is 76.7 Å². The third-order valence-electron chi connectivity index (χ3n) is 4.58. The van der Waals surface area contributed by atoms with Gasteiger partial charge < -0.3 is 15.3 Å². The van der Waals surface area contributed by atoms with Gasteiger partial charge in [0.15, 0.2) is 0 Å². The molecule has 0 spiro atoms. The third-order valence-corrected chi connectivity index (χ3v) is 4.58. The summed E-state index contributed by atoms with van der Waals surface area (Å²) in [6, 6.07) is 0. The average molecular weight is 371 g/mol. The Bertz CT molecular complexity index is 401. The van der Waals surface area contributed by atoms with Gasteiger partial charge >= 0.3 is 11.9 Å². The Balaban J connectivity index is 3.38. The summed E-state index contributed by atoms with van der Waals surface area (Å²) in [5.41, 5.74) is -0.0108. The van der Waals surface area contributed by atoms with Crippen molar-refractivity contribution in [2.45, 2.75) is 109 Å². The van der Waals surface area contributed by atoms with Crippen LogP contribution in [-0.2, 0) is 9.59 Å². The minimum Gasteiger partial charge on any atom is -0.481 e. The lowest BCUT2D eigenvalue weighted by Crippen LogP contribution is -2.06. The molecule has 0 heterocycles. The molecule has 0 aliphatic heterocycles. The number of aliphatic carboxylic acids is 2.